The molecule has 0 fully saturated rings. The molecule has 3 heteroatoms. The van der Waals surface area contributed by atoms with Gasteiger partial charge >= 0.3 is 0 Å². The van der Waals surface area contributed by atoms with Crippen molar-refractivity contribution in [2.45, 2.75) is 32.5 Å². The predicted octanol–water partition coefficient (Wildman–Crippen LogP) is 3.07. The van der Waals surface area contributed by atoms with Crippen molar-refractivity contribution in [3.8, 4) is 0 Å². The van der Waals surface area contributed by atoms with Crippen LogP contribution in [0.3, 0.4) is 0 Å². The van der Waals surface area contributed by atoms with Crippen molar-refractivity contribution >= 4 is 11.3 Å². The van der Waals surface area contributed by atoms with E-state index in [0.29, 0.717) is 0 Å². The maximum atomic E-state index is 13.9. The Hall–Kier alpha value is -0.410. The van der Waals surface area contributed by atoms with Crippen molar-refractivity contribution < 1.29 is 4.39 Å². The lowest BCUT2D eigenvalue weighted by atomic mass is 9.94. The van der Waals surface area contributed by atoms with Gasteiger partial charge in [-0.25, -0.2) is 4.39 Å². The third-order valence-corrected chi connectivity index (χ3v) is 3.20. The van der Waals surface area contributed by atoms with Crippen LogP contribution in [0.4, 0.5) is 4.39 Å². The van der Waals surface area contributed by atoms with Gasteiger partial charge in [0.1, 0.15) is 6.17 Å². The molecule has 74 valence electrons. The summed E-state index contributed by atoms with van der Waals surface area (Å²) in [6.07, 6.45) is -0.942. The Morgan fingerprint density at radius 1 is 1.54 bits per heavy atom. The molecule has 1 unspecified atom stereocenters. The molecule has 1 nitrogen and oxygen atoms in total. The van der Waals surface area contributed by atoms with Gasteiger partial charge in [0, 0.05) is 10.4 Å². The third kappa shape index (κ3) is 2.29. The first-order valence-electron chi connectivity index (χ1n) is 4.35. The summed E-state index contributed by atoms with van der Waals surface area (Å²) in [5.74, 6) is 0. The molecule has 0 amide bonds. The van der Waals surface area contributed by atoms with E-state index in [4.69, 9.17) is 0 Å². The van der Waals surface area contributed by atoms with Gasteiger partial charge in [-0.05, 0) is 44.8 Å². The lowest BCUT2D eigenvalue weighted by Crippen LogP contribution is -2.40. The topological polar surface area (TPSA) is 12.0 Å². The minimum absolute atomic E-state index is 0.493. The van der Waals surface area contributed by atoms with Crippen molar-refractivity contribution in [3.05, 3.63) is 21.9 Å². The lowest BCUT2D eigenvalue weighted by Gasteiger charge is -2.27. The molecule has 1 aromatic rings. The van der Waals surface area contributed by atoms with Gasteiger partial charge in [-0.1, -0.05) is 0 Å². The fraction of sp³-hybridized carbons (Fsp3) is 0.600. The number of alkyl halides is 1. The Balaban J connectivity index is 2.84. The second-order valence-corrected chi connectivity index (χ2v) is 4.94. The largest absolute Gasteiger partial charge is 0.312 e. The number of aryl methyl sites for hydroxylation is 1. The van der Waals surface area contributed by atoms with Crippen LogP contribution < -0.4 is 5.32 Å². The van der Waals surface area contributed by atoms with Crippen molar-refractivity contribution in [1.82, 2.24) is 5.32 Å². The Bertz CT molecular complexity index is 280. The molecular formula is C10H16FNS. The fourth-order valence-electron chi connectivity index (χ4n) is 1.14. The van der Waals surface area contributed by atoms with Crippen molar-refractivity contribution in [3.63, 3.8) is 0 Å². The number of hydrogen-bond acceptors (Lipinski definition) is 2. The maximum Gasteiger partial charge on any atom is 0.143 e. The first-order valence-corrected chi connectivity index (χ1v) is 5.23. The monoisotopic (exact) mass is 201 g/mol. The molecule has 0 aliphatic rings. The molecule has 0 radical (unpaired) electrons. The normalized spacial score (nSPS) is 14.5. The molecule has 1 rings (SSSR count). The molecule has 0 aliphatic heterocycles. The van der Waals surface area contributed by atoms with Crippen LogP contribution in [0.15, 0.2) is 11.4 Å². The molecule has 1 atom stereocenters. The summed E-state index contributed by atoms with van der Waals surface area (Å²) in [6, 6.07) is 1.91. The van der Waals surface area contributed by atoms with Crippen molar-refractivity contribution in [2.24, 2.45) is 0 Å². The minimum atomic E-state index is -0.942. The highest BCUT2D eigenvalue weighted by molar-refractivity contribution is 7.10. The van der Waals surface area contributed by atoms with Crippen LogP contribution in [-0.4, -0.2) is 12.6 Å². The van der Waals surface area contributed by atoms with Gasteiger partial charge in [-0.15, -0.1) is 11.3 Å². The highest BCUT2D eigenvalue weighted by Crippen LogP contribution is 2.31. The standard InChI is InChI=1S/C10H16FNS/c1-7-5-8(6-13-7)9(11)10(2,3)12-4/h5-6,9,12H,1-4H3. The molecule has 0 bridgehead atoms. The maximum absolute atomic E-state index is 13.9. The van der Waals surface area contributed by atoms with Crippen LogP contribution in [0.5, 0.6) is 0 Å². The Kier molecular flexibility index (Phi) is 3.09. The molecule has 0 aromatic carbocycles. The van der Waals surface area contributed by atoms with Crippen molar-refractivity contribution in [1.29, 1.82) is 0 Å². The molecule has 0 aliphatic carbocycles. The average molecular weight is 201 g/mol. The van der Waals surface area contributed by atoms with E-state index >= 15 is 0 Å². The summed E-state index contributed by atoms with van der Waals surface area (Å²) in [5.41, 5.74) is 0.287. The zero-order valence-electron chi connectivity index (χ0n) is 8.52. The Labute approximate surface area is 83.0 Å². The second-order valence-electron chi connectivity index (χ2n) is 3.82. The quantitative estimate of drug-likeness (QED) is 0.792. The number of halogens is 1. The summed E-state index contributed by atoms with van der Waals surface area (Å²) in [4.78, 5) is 1.16. The number of hydrogen-bond donors (Lipinski definition) is 1. The first kappa shape index (κ1) is 10.7. The van der Waals surface area contributed by atoms with E-state index in [-0.39, 0.29) is 0 Å². The van der Waals surface area contributed by atoms with E-state index in [1.54, 1.807) is 18.4 Å². The highest BCUT2D eigenvalue weighted by Gasteiger charge is 2.29. The van der Waals surface area contributed by atoms with Crippen LogP contribution in [0.25, 0.3) is 0 Å². The molecular weight excluding hydrogens is 185 g/mol. The van der Waals surface area contributed by atoms with E-state index < -0.39 is 11.7 Å². The number of rotatable bonds is 3. The molecule has 1 heterocycles. The minimum Gasteiger partial charge on any atom is -0.312 e. The lowest BCUT2D eigenvalue weighted by molar-refractivity contribution is 0.191. The summed E-state index contributed by atoms with van der Waals surface area (Å²) >= 11 is 1.59. The van der Waals surface area contributed by atoms with Gasteiger partial charge in [0.15, 0.2) is 0 Å². The van der Waals surface area contributed by atoms with Crippen LogP contribution in [0, 0.1) is 6.92 Å². The van der Waals surface area contributed by atoms with E-state index in [9.17, 15) is 4.39 Å². The summed E-state index contributed by atoms with van der Waals surface area (Å²) in [6.45, 7) is 5.72. The highest BCUT2D eigenvalue weighted by atomic mass is 32.1. The number of nitrogens with one attached hydrogen (secondary N) is 1. The molecule has 0 spiro atoms. The molecule has 0 saturated heterocycles. The van der Waals surface area contributed by atoms with Crippen LogP contribution in [-0.2, 0) is 0 Å². The van der Waals surface area contributed by atoms with Crippen LogP contribution >= 0.6 is 11.3 Å². The smallest absolute Gasteiger partial charge is 0.143 e. The fourth-order valence-corrected chi connectivity index (χ4v) is 1.85. The molecule has 13 heavy (non-hydrogen) atoms. The average Bonchev–Trinajstić information content (AvgIpc) is 2.50. The SMILES string of the molecule is CNC(C)(C)C(F)c1csc(C)c1. The summed E-state index contributed by atoms with van der Waals surface area (Å²) < 4.78 is 13.9. The van der Waals surface area contributed by atoms with E-state index in [0.717, 1.165) is 10.4 Å². The van der Waals surface area contributed by atoms with Crippen LogP contribution in [0.2, 0.25) is 0 Å². The van der Waals surface area contributed by atoms with E-state index in [1.165, 1.54) is 0 Å². The number of thiophene rings is 1. The first-order chi connectivity index (χ1) is 5.97. The zero-order chi connectivity index (χ0) is 10.1. The van der Waals surface area contributed by atoms with E-state index in [2.05, 4.69) is 5.32 Å². The van der Waals surface area contributed by atoms with Gasteiger partial charge in [-0.3, -0.25) is 0 Å². The zero-order valence-corrected chi connectivity index (χ0v) is 9.33. The number of likely N-dealkylation sites (N-methyl/N-ethyl adjacent to an activating group) is 1. The third-order valence-electron chi connectivity index (χ3n) is 2.32. The Morgan fingerprint density at radius 2 is 2.15 bits per heavy atom. The van der Waals surface area contributed by atoms with Crippen LogP contribution in [0.1, 0.15) is 30.5 Å². The van der Waals surface area contributed by atoms with Gasteiger partial charge in [0.05, 0.1) is 0 Å². The molecule has 0 saturated carbocycles. The van der Waals surface area contributed by atoms with Gasteiger partial charge in [-0.2, -0.15) is 0 Å². The van der Waals surface area contributed by atoms with Gasteiger partial charge in [0.25, 0.3) is 0 Å². The molecule has 1 aromatic heterocycles. The van der Waals surface area contributed by atoms with Gasteiger partial charge in [0.2, 0.25) is 0 Å². The predicted molar refractivity (Wildman–Crippen MR) is 56.0 cm³/mol. The Morgan fingerprint density at radius 3 is 2.54 bits per heavy atom. The van der Waals surface area contributed by atoms with E-state index in [1.807, 2.05) is 32.2 Å². The summed E-state index contributed by atoms with van der Waals surface area (Å²) in [5, 5.41) is 4.87. The van der Waals surface area contributed by atoms with Crippen molar-refractivity contribution in [2.75, 3.05) is 7.05 Å². The molecule has 1 N–H and O–H groups in total. The second kappa shape index (κ2) is 3.76. The summed E-state index contributed by atoms with van der Waals surface area (Å²) in [7, 11) is 1.78. The van der Waals surface area contributed by atoms with Gasteiger partial charge < -0.3 is 5.32 Å².